The maximum atomic E-state index is 2.40. The van der Waals surface area contributed by atoms with E-state index in [0.29, 0.717) is 0 Å². The Kier molecular flexibility index (Phi) is 3.12. The Morgan fingerprint density at radius 2 is 1.77 bits per heavy atom. The fourth-order valence-electron chi connectivity index (χ4n) is 3.68. The van der Waals surface area contributed by atoms with Crippen LogP contribution < -0.4 is 5.22 Å². The maximum Gasteiger partial charge on any atom is 0.0136 e. The molecular formula is C21H20Si. The largest absolute Gasteiger partial charge is 0.0798 e. The smallest absolute Gasteiger partial charge is 0.0136 e. The Hall–Kier alpha value is -1.99. The van der Waals surface area contributed by atoms with Crippen LogP contribution in [0.5, 0.6) is 0 Å². The van der Waals surface area contributed by atoms with Gasteiger partial charge in [-0.2, -0.15) is 0 Å². The highest BCUT2D eigenvalue weighted by Gasteiger charge is 2.16. The van der Waals surface area contributed by atoms with Crippen molar-refractivity contribution in [1.82, 2.24) is 0 Å². The Morgan fingerprint density at radius 1 is 0.955 bits per heavy atom. The molecule has 0 radical (unpaired) electrons. The molecule has 0 aromatic heterocycles. The Labute approximate surface area is 132 Å². The number of rotatable bonds is 1. The monoisotopic (exact) mass is 300 g/mol. The van der Waals surface area contributed by atoms with Gasteiger partial charge in [0.25, 0.3) is 0 Å². The van der Waals surface area contributed by atoms with Gasteiger partial charge in [-0.1, -0.05) is 61.6 Å². The molecule has 4 rings (SSSR count). The Balaban J connectivity index is 2.22. The van der Waals surface area contributed by atoms with Gasteiger partial charge in [0.1, 0.15) is 0 Å². The van der Waals surface area contributed by atoms with Gasteiger partial charge in [0.2, 0.25) is 0 Å². The lowest BCUT2D eigenvalue weighted by Crippen LogP contribution is -1.99. The van der Waals surface area contributed by atoms with Crippen LogP contribution in [-0.4, -0.2) is 8.41 Å². The van der Waals surface area contributed by atoms with Crippen molar-refractivity contribution in [1.29, 1.82) is 0 Å². The number of hydrogen-bond donors (Lipinski definition) is 0. The van der Waals surface area contributed by atoms with Crippen molar-refractivity contribution in [3.05, 3.63) is 85.7 Å². The lowest BCUT2D eigenvalue weighted by atomic mass is 9.96. The molecule has 0 saturated carbocycles. The van der Waals surface area contributed by atoms with E-state index in [1.54, 1.807) is 4.81 Å². The van der Waals surface area contributed by atoms with Gasteiger partial charge in [0.15, 0.2) is 0 Å². The molecule has 2 aliphatic carbocycles. The zero-order valence-electron chi connectivity index (χ0n) is 13.4. The molecule has 0 heterocycles. The van der Waals surface area contributed by atoms with E-state index in [2.05, 4.69) is 74.6 Å². The van der Waals surface area contributed by atoms with Crippen molar-refractivity contribution < 1.29 is 0 Å². The van der Waals surface area contributed by atoms with Crippen LogP contribution in [0, 0.1) is 15.3 Å². The lowest BCUT2D eigenvalue weighted by molar-refractivity contribution is 1.37. The first kappa shape index (κ1) is 13.7. The van der Waals surface area contributed by atoms with Crippen LogP contribution >= 0.6 is 0 Å². The molecule has 0 unspecified atom stereocenters. The number of hydrogen-bond acceptors (Lipinski definition) is 0. The van der Waals surface area contributed by atoms with Crippen LogP contribution in [-0.2, 0) is 0 Å². The number of benzene rings is 2. The van der Waals surface area contributed by atoms with Crippen LogP contribution in [0.1, 0.15) is 24.5 Å². The molecule has 2 aromatic rings. The summed E-state index contributed by atoms with van der Waals surface area (Å²) in [7, 11) is -0.491. The Bertz CT molecular complexity index is 1060. The SMILES string of the molecule is CC1=C(c2c3c(ccc2=[Si](C)C)=c2ccccc2=C3)CC=C1. The second-order valence-corrected chi connectivity index (χ2v) is 8.99. The summed E-state index contributed by atoms with van der Waals surface area (Å²) in [4.78, 5) is 1.57. The van der Waals surface area contributed by atoms with Crippen molar-refractivity contribution in [3.63, 3.8) is 0 Å². The van der Waals surface area contributed by atoms with Crippen LogP contribution in [0.15, 0.2) is 54.1 Å². The average molecular weight is 300 g/mol. The fraction of sp³-hybridized carbons (Fsp3) is 0.190. The number of allylic oxidation sites excluding steroid dienone is 4. The lowest BCUT2D eigenvalue weighted by Gasteiger charge is -2.12. The molecule has 0 fully saturated rings. The predicted octanol–water partition coefficient (Wildman–Crippen LogP) is 4.44. The predicted molar refractivity (Wildman–Crippen MR) is 96.4 cm³/mol. The van der Waals surface area contributed by atoms with Crippen molar-refractivity contribution in [2.45, 2.75) is 26.4 Å². The molecule has 2 aliphatic rings. The van der Waals surface area contributed by atoms with Gasteiger partial charge < -0.3 is 0 Å². The van der Waals surface area contributed by atoms with Gasteiger partial charge in [-0.25, -0.2) is 0 Å². The molecule has 0 aliphatic heterocycles. The molecule has 22 heavy (non-hydrogen) atoms. The molecule has 1 heteroatoms. The first-order chi connectivity index (χ1) is 10.7. The zero-order chi connectivity index (χ0) is 15.3. The summed E-state index contributed by atoms with van der Waals surface area (Å²) in [5, 5.41) is 4.15. The van der Waals surface area contributed by atoms with Crippen molar-refractivity contribution in [3.8, 4) is 0 Å². The summed E-state index contributed by atoms with van der Waals surface area (Å²) >= 11 is 0. The van der Waals surface area contributed by atoms with Crippen molar-refractivity contribution in [2.75, 3.05) is 0 Å². The quantitative estimate of drug-likeness (QED) is 0.583. The van der Waals surface area contributed by atoms with Gasteiger partial charge >= 0.3 is 0 Å². The van der Waals surface area contributed by atoms with E-state index >= 15 is 0 Å². The first-order valence-electron chi connectivity index (χ1n) is 7.95. The van der Waals surface area contributed by atoms with E-state index in [1.165, 1.54) is 37.9 Å². The summed E-state index contributed by atoms with van der Waals surface area (Å²) in [5.74, 6) is 0. The number of fused-ring (bicyclic) bond motifs is 2. The van der Waals surface area contributed by atoms with E-state index in [1.807, 2.05) is 0 Å². The van der Waals surface area contributed by atoms with E-state index < -0.39 is 8.41 Å². The molecule has 0 amide bonds. The molecule has 0 N–H and O–H groups in total. The minimum Gasteiger partial charge on any atom is -0.0798 e. The van der Waals surface area contributed by atoms with E-state index in [9.17, 15) is 0 Å². The summed E-state index contributed by atoms with van der Waals surface area (Å²) in [6, 6.07) is 13.5. The van der Waals surface area contributed by atoms with Crippen LogP contribution in [0.3, 0.4) is 0 Å². The highest BCUT2D eigenvalue weighted by molar-refractivity contribution is 6.47. The fourth-order valence-corrected chi connectivity index (χ4v) is 4.89. The summed E-state index contributed by atoms with van der Waals surface area (Å²) < 4.78 is 0. The third kappa shape index (κ3) is 1.93. The minimum absolute atomic E-state index is 0.491. The summed E-state index contributed by atoms with van der Waals surface area (Å²) in [6.45, 7) is 7.05. The van der Waals surface area contributed by atoms with Gasteiger partial charge in [-0.15, -0.1) is 0 Å². The van der Waals surface area contributed by atoms with E-state index in [-0.39, 0.29) is 0 Å². The maximum absolute atomic E-state index is 2.40. The van der Waals surface area contributed by atoms with Gasteiger partial charge in [-0.05, 0) is 62.2 Å². The van der Waals surface area contributed by atoms with E-state index in [4.69, 9.17) is 0 Å². The topological polar surface area (TPSA) is 0 Å². The second-order valence-electron chi connectivity index (χ2n) is 6.45. The molecule has 2 aromatic carbocycles. The molecule has 0 nitrogen and oxygen atoms in total. The van der Waals surface area contributed by atoms with Crippen LogP contribution in [0.4, 0.5) is 0 Å². The van der Waals surface area contributed by atoms with Gasteiger partial charge in [-0.3, -0.25) is 0 Å². The highest BCUT2D eigenvalue weighted by Crippen LogP contribution is 2.33. The second kappa shape index (κ2) is 5.03. The van der Waals surface area contributed by atoms with Crippen molar-refractivity contribution in [2.24, 2.45) is 0 Å². The van der Waals surface area contributed by atoms with Crippen molar-refractivity contribution >= 4 is 20.1 Å². The zero-order valence-corrected chi connectivity index (χ0v) is 14.4. The van der Waals surface area contributed by atoms with Crippen LogP contribution in [0.25, 0.3) is 11.6 Å². The van der Waals surface area contributed by atoms with Gasteiger partial charge in [0, 0.05) is 8.41 Å². The standard InChI is InChI=1S/C21H20Si/c1-14-7-6-10-16(14)21-19-13-15-8-4-5-9-17(15)18(19)11-12-20(21)22(2)3/h4-9,11-13H,10H2,1-3H3. The van der Waals surface area contributed by atoms with Crippen LogP contribution in [0.2, 0.25) is 13.1 Å². The summed E-state index contributed by atoms with van der Waals surface area (Å²) in [6.07, 6.45) is 8.05. The summed E-state index contributed by atoms with van der Waals surface area (Å²) in [5.41, 5.74) is 5.93. The van der Waals surface area contributed by atoms with Gasteiger partial charge in [0.05, 0.1) is 0 Å². The molecule has 0 atom stereocenters. The third-order valence-electron chi connectivity index (χ3n) is 4.80. The normalized spacial score (nSPS) is 14.9. The molecule has 0 spiro atoms. The highest BCUT2D eigenvalue weighted by atomic mass is 28.2. The minimum atomic E-state index is -0.491. The Morgan fingerprint density at radius 3 is 2.50 bits per heavy atom. The van der Waals surface area contributed by atoms with E-state index in [0.717, 1.165) is 6.42 Å². The molecular weight excluding hydrogens is 280 g/mol. The molecule has 0 bridgehead atoms. The third-order valence-corrected chi connectivity index (χ3v) is 6.30. The first-order valence-corrected chi connectivity index (χ1v) is 10.4. The molecule has 0 saturated heterocycles. The molecule has 108 valence electrons. The average Bonchev–Trinajstić information content (AvgIpc) is 3.09.